The van der Waals surface area contributed by atoms with Crippen molar-refractivity contribution in [1.82, 2.24) is 4.72 Å². The van der Waals surface area contributed by atoms with E-state index in [4.69, 9.17) is 38.4 Å². The maximum atomic E-state index is 12.5. The lowest BCUT2D eigenvalue weighted by Crippen LogP contribution is -2.24. The third-order valence-electron chi connectivity index (χ3n) is 3.18. The molecule has 0 aliphatic carbocycles. The first-order valence-electron chi connectivity index (χ1n) is 6.73. The van der Waals surface area contributed by atoms with Crippen LogP contribution in [-0.4, -0.2) is 22.6 Å². The molecule has 0 unspecified atom stereocenters. The van der Waals surface area contributed by atoms with E-state index in [1.165, 1.54) is 26.4 Å². The van der Waals surface area contributed by atoms with E-state index < -0.39 is 10.0 Å². The van der Waals surface area contributed by atoms with E-state index in [0.29, 0.717) is 17.1 Å². The molecule has 0 aromatic heterocycles. The number of hydrogen-bond donors (Lipinski definition) is 2. The molecule has 0 atom stereocenters. The van der Waals surface area contributed by atoms with E-state index in [1.807, 2.05) is 0 Å². The number of nitrogens with two attached hydrogens (primary N) is 1. The van der Waals surface area contributed by atoms with E-state index in [0.717, 1.165) is 0 Å². The van der Waals surface area contributed by atoms with E-state index in [-0.39, 0.29) is 27.2 Å². The first-order chi connectivity index (χ1) is 11.3. The monoisotopic (exact) mass is 390 g/mol. The zero-order chi connectivity index (χ0) is 17.9. The van der Waals surface area contributed by atoms with E-state index in [2.05, 4.69) is 4.72 Å². The molecule has 0 fully saturated rings. The predicted octanol–water partition coefficient (Wildman–Crippen LogP) is 3.07. The van der Waals surface area contributed by atoms with Crippen molar-refractivity contribution < 1.29 is 17.9 Å². The second kappa shape index (κ2) is 7.48. The van der Waals surface area contributed by atoms with Gasteiger partial charge in [-0.15, -0.1) is 0 Å². The quantitative estimate of drug-likeness (QED) is 0.739. The van der Waals surface area contributed by atoms with Crippen molar-refractivity contribution in [2.24, 2.45) is 0 Å². The van der Waals surface area contributed by atoms with Gasteiger partial charge >= 0.3 is 0 Å². The molecule has 0 aliphatic rings. The maximum Gasteiger partial charge on any atom is 0.244 e. The number of nitrogens with one attached hydrogen (secondary N) is 1. The van der Waals surface area contributed by atoms with Gasteiger partial charge in [-0.25, -0.2) is 13.1 Å². The van der Waals surface area contributed by atoms with Crippen LogP contribution in [0.1, 0.15) is 5.56 Å². The molecule has 2 aromatic rings. The summed E-state index contributed by atoms with van der Waals surface area (Å²) in [4.78, 5) is -0.205. The molecular weight excluding hydrogens is 375 g/mol. The zero-order valence-electron chi connectivity index (χ0n) is 13.0. The van der Waals surface area contributed by atoms with Crippen molar-refractivity contribution in [3.05, 3.63) is 45.9 Å². The van der Waals surface area contributed by atoms with Gasteiger partial charge in [0.05, 0.1) is 24.9 Å². The molecule has 2 rings (SSSR count). The molecule has 0 saturated carbocycles. The average Bonchev–Trinajstić information content (AvgIpc) is 2.51. The largest absolute Gasteiger partial charge is 0.497 e. The average molecular weight is 391 g/mol. The molecule has 0 spiro atoms. The fraction of sp³-hybridized carbons (Fsp3) is 0.200. The minimum Gasteiger partial charge on any atom is -0.497 e. The van der Waals surface area contributed by atoms with Crippen LogP contribution in [0.4, 0.5) is 5.69 Å². The van der Waals surface area contributed by atoms with Crippen molar-refractivity contribution in [3.63, 3.8) is 0 Å². The highest BCUT2D eigenvalue weighted by molar-refractivity contribution is 7.89. The van der Waals surface area contributed by atoms with Crippen LogP contribution in [0, 0.1) is 0 Å². The van der Waals surface area contributed by atoms with E-state index in [9.17, 15) is 8.42 Å². The first kappa shape index (κ1) is 18.7. The molecule has 0 heterocycles. The number of methoxy groups -OCH3 is 2. The second-order valence-corrected chi connectivity index (χ2v) is 7.40. The molecule has 0 amide bonds. The van der Waals surface area contributed by atoms with Crippen LogP contribution in [0.25, 0.3) is 0 Å². The minimum absolute atomic E-state index is 0.00822. The number of halogens is 2. The van der Waals surface area contributed by atoms with Crippen LogP contribution in [0.5, 0.6) is 11.5 Å². The van der Waals surface area contributed by atoms with Gasteiger partial charge in [0.1, 0.15) is 16.4 Å². The van der Waals surface area contributed by atoms with Crippen molar-refractivity contribution in [2.75, 3.05) is 20.0 Å². The molecule has 130 valence electrons. The molecule has 0 radical (unpaired) electrons. The Morgan fingerprint density at radius 2 is 1.62 bits per heavy atom. The Bertz CT molecular complexity index is 811. The van der Waals surface area contributed by atoms with Crippen LogP contribution in [-0.2, 0) is 16.6 Å². The Morgan fingerprint density at radius 3 is 2.12 bits per heavy atom. The maximum absolute atomic E-state index is 12.5. The smallest absolute Gasteiger partial charge is 0.244 e. The van der Waals surface area contributed by atoms with Crippen LogP contribution < -0.4 is 19.9 Å². The number of ether oxygens (including phenoxy) is 2. The number of sulfonamides is 1. The summed E-state index contributed by atoms with van der Waals surface area (Å²) in [6.45, 7) is 0.00822. The lowest BCUT2D eigenvalue weighted by Gasteiger charge is -2.12. The van der Waals surface area contributed by atoms with Gasteiger partial charge < -0.3 is 15.2 Å². The molecular formula is C15H16Cl2N2O4S. The summed E-state index contributed by atoms with van der Waals surface area (Å²) in [5, 5.41) is 0.213. The third-order valence-corrected chi connectivity index (χ3v) is 5.33. The van der Waals surface area contributed by atoms with Crippen LogP contribution in [0.15, 0.2) is 35.2 Å². The Hall–Kier alpha value is -1.67. The minimum atomic E-state index is -3.92. The second-order valence-electron chi connectivity index (χ2n) is 4.85. The lowest BCUT2D eigenvalue weighted by molar-refractivity contribution is 0.393. The summed E-state index contributed by atoms with van der Waals surface area (Å²) in [5.74, 6) is 1.10. The Balaban J connectivity index is 2.28. The van der Waals surface area contributed by atoms with Crippen molar-refractivity contribution in [1.29, 1.82) is 0 Å². The summed E-state index contributed by atoms with van der Waals surface area (Å²) in [5.41, 5.74) is 6.37. The highest BCUT2D eigenvalue weighted by Crippen LogP contribution is 2.31. The van der Waals surface area contributed by atoms with Crippen molar-refractivity contribution in [2.45, 2.75) is 11.4 Å². The number of rotatable bonds is 6. The molecule has 2 aromatic carbocycles. The van der Waals surface area contributed by atoms with Crippen molar-refractivity contribution >= 4 is 38.9 Å². The first-order valence-corrected chi connectivity index (χ1v) is 8.97. The highest BCUT2D eigenvalue weighted by Gasteiger charge is 2.22. The summed E-state index contributed by atoms with van der Waals surface area (Å²) < 4.78 is 37.7. The Morgan fingerprint density at radius 1 is 1.04 bits per heavy atom. The fourth-order valence-electron chi connectivity index (χ4n) is 2.08. The van der Waals surface area contributed by atoms with E-state index >= 15 is 0 Å². The number of nitrogen functional groups attached to an aromatic ring is 1. The topological polar surface area (TPSA) is 90.7 Å². The molecule has 0 aliphatic heterocycles. The van der Waals surface area contributed by atoms with Gasteiger partial charge in [0.25, 0.3) is 0 Å². The van der Waals surface area contributed by atoms with Crippen LogP contribution in [0.3, 0.4) is 0 Å². The zero-order valence-corrected chi connectivity index (χ0v) is 15.3. The normalized spacial score (nSPS) is 11.3. The van der Waals surface area contributed by atoms with Crippen LogP contribution >= 0.6 is 23.2 Å². The molecule has 9 heteroatoms. The number of benzene rings is 2. The van der Waals surface area contributed by atoms with Gasteiger partial charge in [0, 0.05) is 17.6 Å². The van der Waals surface area contributed by atoms with Gasteiger partial charge in [-0.3, -0.25) is 0 Å². The van der Waals surface area contributed by atoms with Gasteiger partial charge in [-0.05, 0) is 29.8 Å². The fourth-order valence-corrected chi connectivity index (χ4v) is 4.08. The molecule has 24 heavy (non-hydrogen) atoms. The summed E-state index contributed by atoms with van der Waals surface area (Å²) in [6.07, 6.45) is 0. The summed E-state index contributed by atoms with van der Waals surface area (Å²) in [6, 6.07) is 7.72. The number of anilines is 1. The predicted molar refractivity (Wildman–Crippen MR) is 94.4 cm³/mol. The van der Waals surface area contributed by atoms with E-state index in [1.54, 1.807) is 18.2 Å². The Kier molecular flexibility index (Phi) is 5.82. The highest BCUT2D eigenvalue weighted by atomic mass is 35.5. The number of hydrogen-bond acceptors (Lipinski definition) is 5. The summed E-state index contributed by atoms with van der Waals surface area (Å²) in [7, 11) is -0.901. The van der Waals surface area contributed by atoms with Gasteiger partial charge in [0.15, 0.2) is 0 Å². The molecule has 0 saturated heterocycles. The lowest BCUT2D eigenvalue weighted by atomic mass is 10.2. The molecule has 0 bridgehead atoms. The standard InChI is InChI=1S/C15H16Cl2N2O4S/c1-22-11-3-9(4-12(7-11)23-2)8-19-24(20,21)15-13(17)5-10(16)6-14(15)18/h3-7,19H,8,18H2,1-2H3. The van der Waals surface area contributed by atoms with Crippen molar-refractivity contribution in [3.8, 4) is 11.5 Å². The SMILES string of the molecule is COc1cc(CNS(=O)(=O)c2c(N)cc(Cl)cc2Cl)cc(OC)c1. The van der Waals surface area contributed by atoms with Gasteiger partial charge in [-0.1, -0.05) is 23.2 Å². The third kappa shape index (κ3) is 4.24. The van der Waals surface area contributed by atoms with Crippen LogP contribution in [0.2, 0.25) is 10.0 Å². The van der Waals surface area contributed by atoms with Gasteiger partial charge in [0.2, 0.25) is 10.0 Å². The molecule has 6 nitrogen and oxygen atoms in total. The Labute approximate surface area is 150 Å². The summed E-state index contributed by atoms with van der Waals surface area (Å²) >= 11 is 11.8. The van der Waals surface area contributed by atoms with Gasteiger partial charge in [-0.2, -0.15) is 0 Å². The molecule has 3 N–H and O–H groups in total.